The van der Waals surface area contributed by atoms with Crippen molar-refractivity contribution in [3.8, 4) is 5.75 Å². The number of nitrogens with two attached hydrogens (primary N) is 1. The number of carbonyl (C=O) groups is 1. The van der Waals surface area contributed by atoms with Crippen LogP contribution in [0, 0.1) is 0 Å². The van der Waals surface area contributed by atoms with E-state index in [4.69, 9.17) is 10.5 Å². The van der Waals surface area contributed by atoms with Gasteiger partial charge in [-0.2, -0.15) is 0 Å². The summed E-state index contributed by atoms with van der Waals surface area (Å²) in [5, 5.41) is 12.6. The highest BCUT2D eigenvalue weighted by Crippen LogP contribution is 2.35. The number of rotatable bonds is 3. The molecule has 0 aliphatic carbocycles. The Bertz CT molecular complexity index is 471. The van der Waals surface area contributed by atoms with Gasteiger partial charge in [0.2, 0.25) is 0 Å². The average molecular weight is 250 g/mol. The lowest BCUT2D eigenvalue weighted by Crippen LogP contribution is -2.45. The number of aliphatic hydroxyl groups excluding tert-OH is 1. The van der Waals surface area contributed by atoms with Crippen LogP contribution in [0.5, 0.6) is 5.75 Å². The van der Waals surface area contributed by atoms with Gasteiger partial charge in [-0.1, -0.05) is 6.07 Å². The summed E-state index contributed by atoms with van der Waals surface area (Å²) in [6.45, 7) is 3.83. The monoisotopic (exact) mass is 250 g/mol. The molecule has 18 heavy (non-hydrogen) atoms. The maximum absolute atomic E-state index is 11.8. The molecular formula is C13H18N2O3. The molecule has 1 aliphatic heterocycles. The van der Waals surface area contributed by atoms with E-state index in [1.54, 1.807) is 32.0 Å². The van der Waals surface area contributed by atoms with E-state index in [0.717, 1.165) is 5.56 Å². The summed E-state index contributed by atoms with van der Waals surface area (Å²) in [6, 6.07) is 5.26. The van der Waals surface area contributed by atoms with E-state index < -0.39 is 11.7 Å². The van der Waals surface area contributed by atoms with Gasteiger partial charge in [0.1, 0.15) is 5.75 Å². The molecule has 1 amide bonds. The van der Waals surface area contributed by atoms with Crippen molar-refractivity contribution >= 4 is 11.6 Å². The van der Waals surface area contributed by atoms with Gasteiger partial charge in [0.05, 0.1) is 11.8 Å². The van der Waals surface area contributed by atoms with Gasteiger partial charge in [-0.05, 0) is 44.5 Å². The van der Waals surface area contributed by atoms with E-state index in [1.807, 2.05) is 0 Å². The molecule has 0 bridgehead atoms. The van der Waals surface area contributed by atoms with Gasteiger partial charge in [0.25, 0.3) is 5.91 Å². The summed E-state index contributed by atoms with van der Waals surface area (Å²) >= 11 is 0. The van der Waals surface area contributed by atoms with Crippen molar-refractivity contribution in [2.75, 3.05) is 11.9 Å². The number of amides is 1. The third kappa shape index (κ3) is 2.32. The fraction of sp³-hybridized carbons (Fsp3) is 0.462. The van der Waals surface area contributed by atoms with Crippen LogP contribution >= 0.6 is 0 Å². The molecule has 1 unspecified atom stereocenters. The molecule has 98 valence electrons. The molecule has 1 aliphatic rings. The van der Waals surface area contributed by atoms with E-state index in [1.165, 1.54) is 0 Å². The summed E-state index contributed by atoms with van der Waals surface area (Å²) < 4.78 is 5.61. The normalized spacial score (nSPS) is 18.6. The van der Waals surface area contributed by atoms with Gasteiger partial charge < -0.3 is 20.9 Å². The van der Waals surface area contributed by atoms with E-state index in [2.05, 4.69) is 5.32 Å². The first-order chi connectivity index (χ1) is 8.44. The number of ether oxygens (including phenoxy) is 1. The fourth-order valence-electron chi connectivity index (χ4n) is 1.86. The third-order valence-electron chi connectivity index (χ3n) is 2.99. The maximum atomic E-state index is 11.8. The Kier molecular flexibility index (Phi) is 3.28. The van der Waals surface area contributed by atoms with E-state index in [0.29, 0.717) is 24.4 Å². The minimum atomic E-state index is -0.871. The van der Waals surface area contributed by atoms with Crippen LogP contribution in [0.25, 0.3) is 0 Å². The van der Waals surface area contributed by atoms with Crippen LogP contribution in [0.2, 0.25) is 0 Å². The number of carbonyl (C=O) groups excluding carboxylic acids is 1. The van der Waals surface area contributed by atoms with Gasteiger partial charge in [-0.25, -0.2) is 0 Å². The van der Waals surface area contributed by atoms with Crippen LogP contribution in [-0.2, 0) is 4.79 Å². The summed E-state index contributed by atoms with van der Waals surface area (Å²) in [4.78, 5) is 11.8. The second kappa shape index (κ2) is 4.59. The Hall–Kier alpha value is -1.59. The molecule has 0 saturated carbocycles. The number of anilines is 1. The standard InChI is InChI=1S/C13H18N2O3/c1-13(2)12(17)15-9-7-8(10(16)5-6-14)3-4-11(9)18-13/h3-4,7,10,16H,5-6,14H2,1-2H3,(H,15,17). The van der Waals surface area contributed by atoms with Crippen LogP contribution < -0.4 is 15.8 Å². The number of hydrogen-bond acceptors (Lipinski definition) is 4. The highest BCUT2D eigenvalue weighted by atomic mass is 16.5. The quantitative estimate of drug-likeness (QED) is 0.752. The number of fused-ring (bicyclic) bond motifs is 1. The van der Waals surface area contributed by atoms with Gasteiger partial charge in [-0.3, -0.25) is 4.79 Å². The second-order valence-corrected chi connectivity index (χ2v) is 4.92. The van der Waals surface area contributed by atoms with E-state index in [9.17, 15) is 9.90 Å². The minimum absolute atomic E-state index is 0.194. The van der Waals surface area contributed by atoms with E-state index in [-0.39, 0.29) is 5.91 Å². The largest absolute Gasteiger partial charge is 0.476 e. The summed E-state index contributed by atoms with van der Waals surface area (Å²) in [6.07, 6.45) is -0.133. The Labute approximate surface area is 106 Å². The average Bonchev–Trinajstić information content (AvgIpc) is 2.30. The smallest absolute Gasteiger partial charge is 0.268 e. The SMILES string of the molecule is CC1(C)Oc2ccc(C(O)CCN)cc2NC1=O. The van der Waals surface area contributed by atoms with Crippen molar-refractivity contribution < 1.29 is 14.6 Å². The lowest BCUT2D eigenvalue weighted by molar-refractivity contribution is -0.129. The van der Waals surface area contributed by atoms with Crippen LogP contribution in [0.4, 0.5) is 5.69 Å². The molecule has 5 nitrogen and oxygen atoms in total. The van der Waals surface area contributed by atoms with E-state index >= 15 is 0 Å². The van der Waals surface area contributed by atoms with Crippen molar-refractivity contribution in [2.24, 2.45) is 5.73 Å². The molecular weight excluding hydrogens is 232 g/mol. The summed E-state index contributed by atoms with van der Waals surface area (Å²) in [5.74, 6) is 0.420. The zero-order chi connectivity index (χ0) is 13.3. The lowest BCUT2D eigenvalue weighted by Gasteiger charge is -2.32. The van der Waals surface area contributed by atoms with Crippen LogP contribution in [-0.4, -0.2) is 23.2 Å². The molecule has 2 rings (SSSR count). The lowest BCUT2D eigenvalue weighted by atomic mass is 10.0. The zero-order valence-electron chi connectivity index (χ0n) is 10.6. The maximum Gasteiger partial charge on any atom is 0.268 e. The van der Waals surface area contributed by atoms with Crippen molar-refractivity contribution in [3.63, 3.8) is 0 Å². The molecule has 1 aromatic carbocycles. The molecule has 0 aromatic heterocycles. The van der Waals surface area contributed by atoms with Gasteiger partial charge in [0, 0.05) is 0 Å². The molecule has 0 spiro atoms. The van der Waals surface area contributed by atoms with Crippen LogP contribution in [0.1, 0.15) is 31.9 Å². The van der Waals surface area contributed by atoms with Gasteiger partial charge in [-0.15, -0.1) is 0 Å². The number of hydrogen-bond donors (Lipinski definition) is 3. The fourth-order valence-corrected chi connectivity index (χ4v) is 1.86. The number of benzene rings is 1. The molecule has 1 atom stereocenters. The van der Waals surface area contributed by atoms with Crippen molar-refractivity contribution in [3.05, 3.63) is 23.8 Å². The van der Waals surface area contributed by atoms with Crippen molar-refractivity contribution in [1.29, 1.82) is 0 Å². The minimum Gasteiger partial charge on any atom is -0.476 e. The third-order valence-corrected chi connectivity index (χ3v) is 2.99. The predicted octanol–water partition coefficient (Wildman–Crippen LogP) is 1.18. The molecule has 0 fully saturated rings. The Morgan fingerprint density at radius 1 is 1.50 bits per heavy atom. The Balaban J connectivity index is 2.29. The van der Waals surface area contributed by atoms with Gasteiger partial charge >= 0.3 is 0 Å². The Morgan fingerprint density at radius 3 is 2.89 bits per heavy atom. The van der Waals surface area contributed by atoms with Crippen LogP contribution in [0.15, 0.2) is 18.2 Å². The number of nitrogens with one attached hydrogen (secondary N) is 1. The van der Waals surface area contributed by atoms with Crippen molar-refractivity contribution in [2.45, 2.75) is 32.0 Å². The topological polar surface area (TPSA) is 84.6 Å². The molecule has 1 heterocycles. The second-order valence-electron chi connectivity index (χ2n) is 4.92. The summed E-state index contributed by atoms with van der Waals surface area (Å²) in [7, 11) is 0. The molecule has 4 N–H and O–H groups in total. The molecule has 5 heteroatoms. The highest BCUT2D eigenvalue weighted by Gasteiger charge is 2.35. The predicted molar refractivity (Wildman–Crippen MR) is 68.4 cm³/mol. The van der Waals surface area contributed by atoms with Crippen LogP contribution in [0.3, 0.4) is 0 Å². The first-order valence-corrected chi connectivity index (χ1v) is 5.96. The molecule has 0 radical (unpaired) electrons. The Morgan fingerprint density at radius 2 is 2.22 bits per heavy atom. The first kappa shape index (κ1) is 12.9. The first-order valence-electron chi connectivity index (χ1n) is 5.96. The zero-order valence-corrected chi connectivity index (χ0v) is 10.6. The number of aliphatic hydroxyl groups is 1. The van der Waals surface area contributed by atoms with Gasteiger partial charge in [0.15, 0.2) is 5.60 Å². The summed E-state index contributed by atoms with van der Waals surface area (Å²) in [5.41, 5.74) is 5.85. The van der Waals surface area contributed by atoms with Crippen molar-refractivity contribution in [1.82, 2.24) is 0 Å². The molecule has 1 aromatic rings. The highest BCUT2D eigenvalue weighted by molar-refractivity contribution is 6.00. The molecule has 0 saturated heterocycles.